The zero-order chi connectivity index (χ0) is 31.9. The summed E-state index contributed by atoms with van der Waals surface area (Å²) in [4.78, 5) is 52.5. The Bertz CT molecular complexity index is 1480. The van der Waals surface area contributed by atoms with Gasteiger partial charge in [-0.3, -0.25) is 37.5 Å². The average molecular weight is 657 g/mol. The first kappa shape index (κ1) is 34.1. The van der Waals surface area contributed by atoms with Crippen LogP contribution in [0.5, 0.6) is 0 Å². The minimum absolute atomic E-state index is 0.0640. The number of aromatic amines is 1. The normalized spacial score (nSPS) is 28.5. The van der Waals surface area contributed by atoms with Gasteiger partial charge in [-0.15, -0.1) is 0 Å². The monoisotopic (exact) mass is 656 g/mol. The molecule has 2 aliphatic rings. The molecule has 1 N–H and O–H groups in total. The molecule has 0 amide bonds. The Labute approximate surface area is 259 Å². The van der Waals surface area contributed by atoms with Crippen LogP contribution < -0.4 is 11.2 Å². The number of phosphoric acid groups is 1. The van der Waals surface area contributed by atoms with Gasteiger partial charge in [0.1, 0.15) is 5.60 Å². The molecule has 0 radical (unpaired) electrons. The molecule has 1 aromatic heterocycles. The van der Waals surface area contributed by atoms with E-state index in [4.69, 9.17) is 39.4 Å². The van der Waals surface area contributed by atoms with Crippen LogP contribution in [0.25, 0.3) is 0 Å². The number of unbranched alkanes of at least 4 members (excludes halogenated alkanes) is 2. The van der Waals surface area contributed by atoms with E-state index in [0.717, 1.165) is 23.5 Å². The third-order valence-corrected chi connectivity index (χ3v) is 9.00. The summed E-state index contributed by atoms with van der Waals surface area (Å²) in [5.41, 5.74) is -2.42. The number of hydrogen-bond donors (Lipinski definition) is 1. The van der Waals surface area contributed by atoms with Crippen LogP contribution in [0.2, 0.25) is 5.02 Å². The highest BCUT2D eigenvalue weighted by Gasteiger charge is 2.59. The molecule has 0 spiro atoms. The van der Waals surface area contributed by atoms with Crippen molar-refractivity contribution in [2.24, 2.45) is 0 Å². The lowest BCUT2D eigenvalue weighted by Crippen LogP contribution is -2.48. The molecular formula is C29H38ClN2O11P. The molecule has 4 rings (SSSR count). The second kappa shape index (κ2) is 15.0. The highest BCUT2D eigenvalue weighted by molar-refractivity contribution is 7.48. The molecule has 13 nitrogen and oxygen atoms in total. The van der Waals surface area contributed by atoms with Crippen LogP contribution in [0.4, 0.5) is 0 Å². The largest absolute Gasteiger partial charge is 0.475 e. The van der Waals surface area contributed by atoms with Crippen molar-refractivity contribution in [3.05, 3.63) is 68.0 Å². The van der Waals surface area contributed by atoms with Crippen molar-refractivity contribution in [2.75, 3.05) is 13.2 Å². The number of nitrogens with zero attached hydrogens (tertiary/aromatic N) is 1. The first-order valence-corrected chi connectivity index (χ1v) is 16.5. The van der Waals surface area contributed by atoms with E-state index < -0.39 is 67.8 Å². The molecule has 6 atom stereocenters. The zero-order valence-electron chi connectivity index (χ0n) is 24.9. The number of rotatable bonds is 13. The van der Waals surface area contributed by atoms with Gasteiger partial charge in [0, 0.05) is 36.5 Å². The number of phosphoric ester groups is 1. The summed E-state index contributed by atoms with van der Waals surface area (Å²) in [6.07, 6.45) is -0.312. The molecule has 1 unspecified atom stereocenters. The summed E-state index contributed by atoms with van der Waals surface area (Å²) in [6, 6.07) is 8.03. The van der Waals surface area contributed by atoms with Crippen LogP contribution in [-0.2, 0) is 41.9 Å². The number of benzene rings is 1. The molecule has 2 aliphatic heterocycles. The predicted octanol–water partition coefficient (Wildman–Crippen LogP) is 4.98. The molecular weight excluding hydrogens is 619 g/mol. The van der Waals surface area contributed by atoms with Gasteiger partial charge in [-0.2, -0.15) is 0 Å². The standard InChI is InChI=1S/C29H38ClN2O11P/c1-4-6-11-23(34)40-25-26(41-24(35)12-7-5-2)29(3,42-27(25)32-15-13-22(33)31-28(32)36)18-39-44(37)38-16-14-21(43-44)19-9-8-10-20(30)17-19/h8-10,13,15,17,21,25-27H,4-7,11-12,14,16,18H2,1-3H3,(H,31,33,36)/t21-,25+,26-,27+,29+,44?/m0/s1. The smallest absolute Gasteiger partial charge is 0.455 e. The van der Waals surface area contributed by atoms with Crippen molar-refractivity contribution in [3.63, 3.8) is 0 Å². The first-order valence-electron chi connectivity index (χ1n) is 14.7. The average Bonchev–Trinajstić information content (AvgIpc) is 3.24. The van der Waals surface area contributed by atoms with E-state index >= 15 is 0 Å². The molecule has 2 saturated heterocycles. The lowest BCUT2D eigenvalue weighted by Gasteiger charge is -2.34. The fourth-order valence-corrected chi connectivity index (χ4v) is 6.63. The van der Waals surface area contributed by atoms with E-state index in [1.54, 1.807) is 24.3 Å². The Kier molecular flexibility index (Phi) is 11.6. The summed E-state index contributed by atoms with van der Waals surface area (Å²) in [7, 11) is -4.18. The van der Waals surface area contributed by atoms with Gasteiger partial charge in [0.05, 0.1) is 19.3 Å². The molecule has 2 fully saturated rings. The van der Waals surface area contributed by atoms with Crippen molar-refractivity contribution >= 4 is 31.4 Å². The van der Waals surface area contributed by atoms with Crippen molar-refractivity contribution in [1.82, 2.24) is 9.55 Å². The third-order valence-electron chi connectivity index (χ3n) is 7.31. The molecule has 0 aliphatic carbocycles. The fraction of sp³-hybridized carbons (Fsp3) is 0.586. The van der Waals surface area contributed by atoms with Gasteiger partial charge < -0.3 is 14.2 Å². The van der Waals surface area contributed by atoms with Crippen LogP contribution in [0.15, 0.2) is 46.1 Å². The number of halogens is 1. The number of ether oxygens (including phenoxy) is 3. The minimum atomic E-state index is -4.18. The number of H-pyrrole nitrogens is 1. The lowest BCUT2D eigenvalue weighted by molar-refractivity contribution is -0.172. The fourth-order valence-electron chi connectivity index (χ4n) is 4.95. The molecule has 242 valence electrons. The van der Waals surface area contributed by atoms with Gasteiger partial charge in [-0.05, 0) is 37.5 Å². The number of nitrogens with one attached hydrogen (secondary N) is 1. The lowest BCUT2D eigenvalue weighted by atomic mass is 9.97. The molecule has 0 bridgehead atoms. The molecule has 0 saturated carbocycles. The Balaban J connectivity index is 1.65. The predicted molar refractivity (Wildman–Crippen MR) is 158 cm³/mol. The van der Waals surface area contributed by atoms with Gasteiger partial charge in [-0.25, -0.2) is 9.36 Å². The van der Waals surface area contributed by atoms with Gasteiger partial charge in [0.2, 0.25) is 0 Å². The Morgan fingerprint density at radius 2 is 1.82 bits per heavy atom. The van der Waals surface area contributed by atoms with Crippen LogP contribution >= 0.6 is 19.4 Å². The van der Waals surface area contributed by atoms with Crippen LogP contribution in [0.1, 0.15) is 83.6 Å². The van der Waals surface area contributed by atoms with E-state index in [2.05, 4.69) is 4.98 Å². The van der Waals surface area contributed by atoms with Crippen LogP contribution in [0, 0.1) is 0 Å². The molecule has 2 aromatic rings. The molecule has 44 heavy (non-hydrogen) atoms. The van der Waals surface area contributed by atoms with Crippen molar-refractivity contribution in [1.29, 1.82) is 0 Å². The maximum Gasteiger partial charge on any atom is 0.475 e. The summed E-state index contributed by atoms with van der Waals surface area (Å²) in [5.74, 6) is -1.19. The summed E-state index contributed by atoms with van der Waals surface area (Å²) >= 11 is 6.13. The number of carbonyl (C=O) groups excluding carboxylic acids is 2. The van der Waals surface area contributed by atoms with Crippen molar-refractivity contribution in [2.45, 2.75) is 95.9 Å². The summed E-state index contributed by atoms with van der Waals surface area (Å²) in [6.45, 7) is 4.90. The van der Waals surface area contributed by atoms with E-state index in [9.17, 15) is 23.7 Å². The molecule has 1 aromatic carbocycles. The van der Waals surface area contributed by atoms with E-state index in [0.29, 0.717) is 29.8 Å². The maximum absolute atomic E-state index is 13.6. The number of esters is 2. The van der Waals surface area contributed by atoms with E-state index in [-0.39, 0.29) is 19.4 Å². The van der Waals surface area contributed by atoms with Crippen LogP contribution in [0.3, 0.4) is 0 Å². The van der Waals surface area contributed by atoms with Gasteiger partial charge >= 0.3 is 25.5 Å². The number of aromatic nitrogens is 2. The molecule has 3 heterocycles. The second-order valence-corrected chi connectivity index (χ2v) is 13.0. The van der Waals surface area contributed by atoms with Crippen molar-refractivity contribution in [3.8, 4) is 0 Å². The SMILES string of the molecule is CCCCC(=O)O[C@H]1[C@H](n2ccc(=O)[nH]c2=O)O[C@](C)(COP2(=O)OCC[C@@H](c3cccc(Cl)c3)O2)[C@H]1OC(=O)CCCC. The topological polar surface area (TPSA) is 161 Å². The number of carbonyl (C=O) groups is 2. The minimum Gasteiger partial charge on any atom is -0.455 e. The zero-order valence-corrected chi connectivity index (χ0v) is 26.6. The van der Waals surface area contributed by atoms with E-state index in [1.807, 2.05) is 13.8 Å². The molecule has 15 heteroatoms. The maximum atomic E-state index is 13.6. The quantitative estimate of drug-likeness (QED) is 0.228. The van der Waals surface area contributed by atoms with E-state index in [1.165, 1.54) is 13.1 Å². The Hall–Kier alpha value is -2.80. The first-order chi connectivity index (χ1) is 21.0. The Morgan fingerprint density at radius 3 is 2.48 bits per heavy atom. The third kappa shape index (κ3) is 8.47. The highest BCUT2D eigenvalue weighted by atomic mass is 35.5. The van der Waals surface area contributed by atoms with Crippen LogP contribution in [-0.4, -0.2) is 52.5 Å². The second-order valence-electron chi connectivity index (χ2n) is 10.9. The van der Waals surface area contributed by atoms with Crippen molar-refractivity contribution < 1.29 is 41.9 Å². The summed E-state index contributed by atoms with van der Waals surface area (Å²) in [5, 5.41) is 0.482. The number of hydrogen-bond acceptors (Lipinski definition) is 11. The van der Waals surface area contributed by atoms with Gasteiger partial charge in [-0.1, -0.05) is 50.4 Å². The van der Waals surface area contributed by atoms with Gasteiger partial charge in [0.25, 0.3) is 5.56 Å². The highest BCUT2D eigenvalue weighted by Crippen LogP contribution is 2.58. The Morgan fingerprint density at radius 1 is 1.11 bits per heavy atom. The van der Waals surface area contributed by atoms with Gasteiger partial charge in [0.15, 0.2) is 18.4 Å². The summed E-state index contributed by atoms with van der Waals surface area (Å²) < 4.78 is 49.6.